The molecule has 1 aliphatic rings. The SMILES string of the molecule is C/C=C(P)\C(=N/C(=O)OCCCCC)NC(C)=O.CC1CC[C@H](C)O1. The Morgan fingerprint density at radius 1 is 1.28 bits per heavy atom. The summed E-state index contributed by atoms with van der Waals surface area (Å²) in [6.07, 6.45) is 7.49. The van der Waals surface area contributed by atoms with E-state index in [2.05, 4.69) is 40.3 Å². The van der Waals surface area contributed by atoms with Crippen molar-refractivity contribution in [1.29, 1.82) is 0 Å². The number of unbranched alkanes of at least 4 members (excludes halogenated alkanes) is 2. The molecule has 2 unspecified atom stereocenters. The number of hydrogen-bond donors (Lipinski definition) is 1. The van der Waals surface area contributed by atoms with Gasteiger partial charge in [-0.1, -0.05) is 25.8 Å². The fraction of sp³-hybridized carbons (Fsp3) is 0.722. The van der Waals surface area contributed by atoms with Gasteiger partial charge in [-0.3, -0.25) is 4.79 Å². The van der Waals surface area contributed by atoms with E-state index in [1.165, 1.54) is 19.8 Å². The van der Waals surface area contributed by atoms with Gasteiger partial charge >= 0.3 is 6.09 Å². The maximum atomic E-state index is 11.4. The number of nitrogens with zero attached hydrogens (tertiary/aromatic N) is 1. The first-order valence-electron chi connectivity index (χ1n) is 8.90. The largest absolute Gasteiger partial charge is 0.448 e. The predicted octanol–water partition coefficient (Wildman–Crippen LogP) is 4.20. The molecule has 6 nitrogen and oxygen atoms in total. The quantitative estimate of drug-likeness (QED) is 0.340. The molecule has 7 heteroatoms. The second kappa shape index (κ2) is 14.0. The smallest absolute Gasteiger partial charge is 0.435 e. The number of nitrogens with one attached hydrogen (secondary N) is 1. The molecule has 0 aliphatic carbocycles. The normalized spacial score (nSPS) is 20.6. The van der Waals surface area contributed by atoms with Gasteiger partial charge in [0.05, 0.1) is 18.8 Å². The van der Waals surface area contributed by atoms with Gasteiger partial charge in [0.25, 0.3) is 0 Å². The maximum absolute atomic E-state index is 11.4. The third-order valence-corrected chi connectivity index (χ3v) is 4.11. The molecule has 1 fully saturated rings. The fourth-order valence-corrected chi connectivity index (χ4v) is 2.24. The Kier molecular flexibility index (Phi) is 13.3. The van der Waals surface area contributed by atoms with E-state index in [1.807, 2.05) is 0 Å². The summed E-state index contributed by atoms with van der Waals surface area (Å²) in [4.78, 5) is 26.1. The second-order valence-electron chi connectivity index (χ2n) is 6.04. The lowest BCUT2D eigenvalue weighted by atomic mass is 10.2. The number of aliphatic imine (C=N–C) groups is 1. The molecule has 0 aromatic heterocycles. The lowest BCUT2D eigenvalue weighted by Crippen LogP contribution is -2.29. The van der Waals surface area contributed by atoms with E-state index in [0.717, 1.165) is 19.3 Å². The van der Waals surface area contributed by atoms with Crippen LogP contribution in [0.25, 0.3) is 0 Å². The summed E-state index contributed by atoms with van der Waals surface area (Å²) in [5.74, 6) is -0.0789. The van der Waals surface area contributed by atoms with Crippen molar-refractivity contribution in [3.8, 4) is 0 Å². The molecule has 1 heterocycles. The highest BCUT2D eigenvalue weighted by atomic mass is 31.0. The number of ether oxygens (including phenoxy) is 2. The van der Waals surface area contributed by atoms with Gasteiger partial charge in [-0.2, -0.15) is 4.99 Å². The maximum Gasteiger partial charge on any atom is 0.435 e. The summed E-state index contributed by atoms with van der Waals surface area (Å²) in [7, 11) is 2.40. The molecule has 1 rings (SSSR count). The van der Waals surface area contributed by atoms with E-state index in [-0.39, 0.29) is 11.7 Å². The first-order valence-corrected chi connectivity index (χ1v) is 9.48. The molecule has 25 heavy (non-hydrogen) atoms. The van der Waals surface area contributed by atoms with Gasteiger partial charge in [-0.05, 0) is 40.0 Å². The number of amides is 2. The van der Waals surface area contributed by atoms with E-state index in [9.17, 15) is 9.59 Å². The molecule has 0 bridgehead atoms. The van der Waals surface area contributed by atoms with Gasteiger partial charge in [0, 0.05) is 12.2 Å². The minimum absolute atomic E-state index is 0.204. The molecule has 144 valence electrons. The minimum atomic E-state index is -0.684. The number of carbonyl (C=O) groups excluding carboxylic acids is 2. The molecule has 0 aromatic carbocycles. The molecule has 0 saturated carbocycles. The van der Waals surface area contributed by atoms with Crippen molar-refractivity contribution < 1.29 is 19.1 Å². The molecule has 0 spiro atoms. The van der Waals surface area contributed by atoms with Crippen LogP contribution in [-0.2, 0) is 14.3 Å². The topological polar surface area (TPSA) is 77.0 Å². The molecule has 1 aliphatic heterocycles. The predicted molar refractivity (Wildman–Crippen MR) is 105 cm³/mol. The first-order chi connectivity index (χ1) is 11.8. The molecule has 3 atom stereocenters. The number of rotatable bonds is 5. The first kappa shape index (κ1) is 23.7. The summed E-state index contributed by atoms with van der Waals surface area (Å²) >= 11 is 0. The second-order valence-corrected chi connectivity index (χ2v) is 6.66. The zero-order valence-corrected chi connectivity index (χ0v) is 17.3. The van der Waals surface area contributed by atoms with Crippen molar-refractivity contribution in [2.75, 3.05) is 6.61 Å². The summed E-state index contributed by atoms with van der Waals surface area (Å²) in [6, 6.07) is 0. The lowest BCUT2D eigenvalue weighted by molar-refractivity contribution is -0.117. The lowest BCUT2D eigenvalue weighted by Gasteiger charge is -2.06. The Morgan fingerprint density at radius 2 is 1.88 bits per heavy atom. The minimum Gasteiger partial charge on any atom is -0.448 e. The zero-order chi connectivity index (χ0) is 19.2. The van der Waals surface area contributed by atoms with Crippen molar-refractivity contribution in [2.24, 2.45) is 4.99 Å². The molecule has 0 radical (unpaired) electrons. The number of hydrogen-bond acceptors (Lipinski definition) is 4. The Bertz CT molecular complexity index is 470. The van der Waals surface area contributed by atoms with Crippen LogP contribution in [0.1, 0.15) is 66.7 Å². The van der Waals surface area contributed by atoms with Gasteiger partial charge in [-0.25, -0.2) is 4.79 Å². The number of carbonyl (C=O) groups is 2. The fourth-order valence-electron chi connectivity index (χ4n) is 2.11. The highest BCUT2D eigenvalue weighted by molar-refractivity contribution is 7.25. The van der Waals surface area contributed by atoms with Gasteiger partial charge < -0.3 is 14.8 Å². The summed E-state index contributed by atoms with van der Waals surface area (Å²) in [6.45, 7) is 9.82. The molecular weight excluding hydrogens is 339 g/mol. The summed E-state index contributed by atoms with van der Waals surface area (Å²) in [5, 5.41) is 3.12. The highest BCUT2D eigenvalue weighted by Crippen LogP contribution is 2.17. The van der Waals surface area contributed by atoms with Crippen LogP contribution in [0, 0.1) is 0 Å². The Morgan fingerprint density at radius 3 is 2.28 bits per heavy atom. The van der Waals surface area contributed by atoms with Crippen LogP contribution in [0.4, 0.5) is 4.79 Å². The Labute approximate surface area is 154 Å². The average molecular weight is 372 g/mol. The van der Waals surface area contributed by atoms with E-state index < -0.39 is 6.09 Å². The van der Waals surface area contributed by atoms with Crippen LogP contribution in [0.5, 0.6) is 0 Å². The number of allylic oxidation sites excluding steroid dienone is 1. The average Bonchev–Trinajstić information content (AvgIpc) is 2.93. The van der Waals surface area contributed by atoms with Gasteiger partial charge in [-0.15, -0.1) is 9.24 Å². The van der Waals surface area contributed by atoms with Gasteiger partial charge in [0.1, 0.15) is 5.84 Å². The van der Waals surface area contributed by atoms with Crippen molar-refractivity contribution in [1.82, 2.24) is 5.32 Å². The van der Waals surface area contributed by atoms with Crippen LogP contribution in [0.2, 0.25) is 0 Å². The summed E-state index contributed by atoms with van der Waals surface area (Å²) in [5.41, 5.74) is 0. The van der Waals surface area contributed by atoms with Crippen LogP contribution in [0.3, 0.4) is 0 Å². The van der Waals surface area contributed by atoms with Crippen LogP contribution in [0.15, 0.2) is 16.4 Å². The third-order valence-electron chi connectivity index (χ3n) is 3.50. The zero-order valence-electron chi connectivity index (χ0n) is 16.1. The van der Waals surface area contributed by atoms with E-state index in [1.54, 1.807) is 13.0 Å². The summed E-state index contributed by atoms with van der Waals surface area (Å²) < 4.78 is 10.3. The van der Waals surface area contributed by atoms with Crippen molar-refractivity contribution in [2.45, 2.75) is 78.9 Å². The van der Waals surface area contributed by atoms with E-state index in [0.29, 0.717) is 24.1 Å². The molecule has 2 amide bonds. The van der Waals surface area contributed by atoms with E-state index >= 15 is 0 Å². The molecule has 0 aromatic rings. The van der Waals surface area contributed by atoms with Crippen LogP contribution in [-0.4, -0.2) is 36.7 Å². The molecule has 1 N–H and O–H groups in total. The van der Waals surface area contributed by atoms with Gasteiger partial charge in [0.15, 0.2) is 0 Å². The third kappa shape index (κ3) is 12.7. The highest BCUT2D eigenvalue weighted by Gasteiger charge is 2.16. The van der Waals surface area contributed by atoms with Gasteiger partial charge in [0.2, 0.25) is 5.91 Å². The molecular formula is C18H33N2O4P. The van der Waals surface area contributed by atoms with E-state index in [4.69, 9.17) is 9.47 Å². The Balaban J connectivity index is 0.000000676. The molecule has 1 saturated heterocycles. The van der Waals surface area contributed by atoms with Crippen molar-refractivity contribution >= 4 is 27.1 Å². The number of amidine groups is 1. The van der Waals surface area contributed by atoms with Crippen molar-refractivity contribution in [3.05, 3.63) is 11.4 Å². The Hall–Kier alpha value is -1.26. The van der Waals surface area contributed by atoms with Crippen molar-refractivity contribution in [3.63, 3.8) is 0 Å². The van der Waals surface area contributed by atoms with Crippen LogP contribution < -0.4 is 5.32 Å². The standard InChI is InChI=1S/C12H21N2O3P.C6H12O/c1-4-6-7-8-17-12(16)14-11(10(18)5-2)13-9(3)15;1-5-3-4-6(2)7-5/h5H,4,6-8,18H2,1-3H3,(H,13,14,15,16);5-6H,3-4H2,1-2H3/b10-5+;/t;5-,6?/m.0/s1. The van der Waals surface area contributed by atoms with Crippen LogP contribution >= 0.6 is 9.24 Å². The monoisotopic (exact) mass is 372 g/mol.